The van der Waals surface area contributed by atoms with Crippen molar-refractivity contribution in [2.24, 2.45) is 5.16 Å². The first-order valence-electron chi connectivity index (χ1n) is 12.4. The summed E-state index contributed by atoms with van der Waals surface area (Å²) < 4.78 is 17.4. The Morgan fingerprint density at radius 2 is 1.82 bits per heavy atom. The second-order valence-corrected chi connectivity index (χ2v) is 12.7. The first kappa shape index (κ1) is 31.5. The third-order valence-corrected chi connectivity index (χ3v) is 7.27. The minimum atomic E-state index is -0.971. The van der Waals surface area contributed by atoms with Crippen LogP contribution in [-0.4, -0.2) is 94.9 Å². The summed E-state index contributed by atoms with van der Waals surface area (Å²) in [6, 6.07) is -1.89. The van der Waals surface area contributed by atoms with Crippen LogP contribution in [0, 0.1) is 0 Å². The molecule has 0 saturated carbocycles. The van der Waals surface area contributed by atoms with E-state index in [4.69, 9.17) is 19.0 Å². The molecule has 2 unspecified atom stereocenters. The Morgan fingerprint density at radius 1 is 1.18 bits per heavy atom. The van der Waals surface area contributed by atoms with Gasteiger partial charge in [-0.2, -0.15) is 0 Å². The minimum Gasteiger partial charge on any atom is -0.456 e. The van der Waals surface area contributed by atoms with Crippen molar-refractivity contribution in [3.63, 3.8) is 0 Å². The number of nitrogens with one attached hydrogen (secondary N) is 2. The zero-order chi connectivity index (χ0) is 29.7. The Morgan fingerprint density at radius 3 is 2.40 bits per heavy atom. The van der Waals surface area contributed by atoms with Crippen LogP contribution in [0.3, 0.4) is 0 Å². The molecule has 1 saturated heterocycles. The summed E-state index contributed by atoms with van der Waals surface area (Å²) in [6.45, 7) is 11.6. The lowest BCUT2D eigenvalue weighted by Gasteiger charge is -2.50. The molecule has 3 heterocycles. The number of thioether (sulfide) groups is 1. The predicted octanol–water partition coefficient (Wildman–Crippen LogP) is 1.89. The number of β-lactam (4-membered cyclic amide) rings is 1. The fourth-order valence-corrected chi connectivity index (χ4v) is 5.35. The summed E-state index contributed by atoms with van der Waals surface area (Å²) in [6.07, 6.45) is 1.36. The largest absolute Gasteiger partial charge is 0.456 e. The number of carbonyl (C=O) groups is 4. The number of carbonyl (C=O) groups excluding carboxylic acids is 4. The lowest BCUT2D eigenvalue weighted by Crippen LogP contribution is -2.73. The Hall–Kier alpha value is -3.01. The smallest absolute Gasteiger partial charge is 0.333 e. The Balaban J connectivity index is 1.67. The molecule has 40 heavy (non-hydrogen) atoms. The molecule has 1 aromatic heterocycles. The number of thiazole rings is 1. The average molecular weight is 598 g/mol. The van der Waals surface area contributed by atoms with E-state index in [1.807, 2.05) is 41.5 Å². The number of hydrogen-bond donors (Lipinski definition) is 2. The number of amides is 3. The molecule has 0 spiro atoms. The number of anilines is 1. The maximum absolute atomic E-state index is 13.2. The lowest BCUT2D eigenvalue weighted by molar-refractivity contribution is -0.175. The summed E-state index contributed by atoms with van der Waals surface area (Å²) in [7, 11) is 1.27. The number of hydrogen-bond acceptors (Lipinski definition) is 12. The van der Waals surface area contributed by atoms with Crippen molar-refractivity contribution in [3.8, 4) is 0 Å². The van der Waals surface area contributed by atoms with Crippen molar-refractivity contribution in [3.05, 3.63) is 22.6 Å². The molecule has 0 radical (unpaired) electrons. The number of esters is 1. The van der Waals surface area contributed by atoms with E-state index in [0.29, 0.717) is 6.41 Å². The van der Waals surface area contributed by atoms with E-state index < -0.39 is 52.5 Å². The molecule has 3 rings (SSSR count). The summed E-state index contributed by atoms with van der Waals surface area (Å²) in [5, 5.41) is 11.7. The molecule has 220 valence electrons. The molecule has 2 aliphatic heterocycles. The average Bonchev–Trinajstić information content (AvgIpc) is 3.33. The van der Waals surface area contributed by atoms with Gasteiger partial charge in [-0.25, -0.2) is 9.78 Å². The highest BCUT2D eigenvalue weighted by molar-refractivity contribution is 8.02. The molecular formula is C25H35N5O8S2. The van der Waals surface area contributed by atoms with E-state index in [2.05, 4.69) is 20.8 Å². The van der Waals surface area contributed by atoms with Crippen molar-refractivity contribution >= 4 is 58.1 Å². The van der Waals surface area contributed by atoms with Crippen molar-refractivity contribution in [1.29, 1.82) is 0 Å². The van der Waals surface area contributed by atoms with Crippen LogP contribution in [0.4, 0.5) is 5.13 Å². The maximum atomic E-state index is 13.2. The van der Waals surface area contributed by atoms with E-state index >= 15 is 0 Å². The van der Waals surface area contributed by atoms with E-state index in [0.717, 1.165) is 11.3 Å². The highest BCUT2D eigenvalue weighted by atomic mass is 32.2. The third kappa shape index (κ3) is 8.25. The van der Waals surface area contributed by atoms with E-state index in [1.54, 1.807) is 11.5 Å². The molecule has 2 N–H and O–H groups in total. The van der Waals surface area contributed by atoms with Gasteiger partial charge in [0.2, 0.25) is 12.3 Å². The normalized spacial score (nSPS) is 21.0. The SMILES string of the molecule is CON=C(C(=O)NC1C(=O)N2C(C(=O)OC(COC(C)(C)C)COC(C)(C)C)C=CS[C@@H]12)c1csc(NC=O)n1. The zero-order valence-electron chi connectivity index (χ0n) is 23.5. The van der Waals surface area contributed by atoms with Crippen LogP contribution >= 0.6 is 23.1 Å². The predicted molar refractivity (Wildman–Crippen MR) is 150 cm³/mol. The minimum absolute atomic E-state index is 0.120. The van der Waals surface area contributed by atoms with Gasteiger partial charge >= 0.3 is 5.97 Å². The van der Waals surface area contributed by atoms with Crippen LogP contribution < -0.4 is 10.6 Å². The molecule has 1 fully saturated rings. The van der Waals surface area contributed by atoms with Gasteiger partial charge in [-0.15, -0.1) is 23.1 Å². The van der Waals surface area contributed by atoms with Gasteiger partial charge in [0.25, 0.3) is 5.91 Å². The molecule has 3 atom stereocenters. The van der Waals surface area contributed by atoms with Gasteiger partial charge in [0.15, 0.2) is 10.8 Å². The maximum Gasteiger partial charge on any atom is 0.333 e. The van der Waals surface area contributed by atoms with Gasteiger partial charge in [-0.3, -0.25) is 14.4 Å². The number of aromatic nitrogens is 1. The van der Waals surface area contributed by atoms with E-state index in [-0.39, 0.29) is 29.8 Å². The van der Waals surface area contributed by atoms with Crippen LogP contribution in [-0.2, 0) is 38.2 Å². The van der Waals surface area contributed by atoms with Crippen LogP contribution in [0.15, 0.2) is 22.0 Å². The molecule has 1 aromatic rings. The first-order valence-corrected chi connectivity index (χ1v) is 14.3. The molecule has 13 nitrogen and oxygen atoms in total. The molecule has 3 amide bonds. The Kier molecular flexibility index (Phi) is 10.3. The van der Waals surface area contributed by atoms with Crippen LogP contribution in [0.25, 0.3) is 0 Å². The van der Waals surface area contributed by atoms with E-state index in [9.17, 15) is 19.2 Å². The summed E-state index contributed by atoms with van der Waals surface area (Å²) in [5.41, 5.74) is -0.908. The van der Waals surface area contributed by atoms with Gasteiger partial charge in [-0.05, 0) is 53.0 Å². The number of fused-ring (bicyclic) bond motifs is 1. The molecule has 0 aliphatic carbocycles. The number of ether oxygens (including phenoxy) is 3. The molecule has 0 bridgehead atoms. The monoisotopic (exact) mass is 597 g/mol. The van der Waals surface area contributed by atoms with Gasteiger partial charge in [0.05, 0.1) is 24.4 Å². The van der Waals surface area contributed by atoms with Crippen molar-refractivity contribution in [2.45, 2.75) is 76.3 Å². The number of oxime groups is 1. The summed E-state index contributed by atoms with van der Waals surface area (Å²) >= 11 is 2.38. The second-order valence-electron chi connectivity index (χ2n) is 10.8. The molecule has 2 aliphatic rings. The van der Waals surface area contributed by atoms with Gasteiger partial charge < -0.3 is 34.6 Å². The second kappa shape index (κ2) is 13.1. The molecule has 15 heteroatoms. The Bertz CT molecular complexity index is 1140. The number of nitrogens with zero attached hydrogens (tertiary/aromatic N) is 3. The van der Waals surface area contributed by atoms with Gasteiger partial charge in [0, 0.05) is 5.38 Å². The fourth-order valence-electron chi connectivity index (χ4n) is 3.58. The van der Waals surface area contributed by atoms with Crippen LogP contribution in [0.2, 0.25) is 0 Å². The quantitative estimate of drug-likeness (QED) is 0.120. The highest BCUT2D eigenvalue weighted by Crippen LogP contribution is 2.37. The number of rotatable bonds is 12. The van der Waals surface area contributed by atoms with Gasteiger partial charge in [-0.1, -0.05) is 5.16 Å². The first-order chi connectivity index (χ1) is 18.7. The Labute approximate surface area is 241 Å². The van der Waals surface area contributed by atoms with Crippen molar-refractivity contribution in [1.82, 2.24) is 15.2 Å². The highest BCUT2D eigenvalue weighted by Gasteiger charge is 2.54. The fraction of sp³-hybridized carbons (Fsp3) is 0.600. The van der Waals surface area contributed by atoms with Crippen LogP contribution in [0.5, 0.6) is 0 Å². The standard InChI is InChI=1S/C25H35N5O8S2/c1-24(2,3)36-10-14(11-37-25(4,5)6)38-22(34)16-8-9-39-21-18(20(33)30(16)21)28-19(32)17(29-35-7)15-12-40-23(27-15)26-13-31/h8-9,12-14,16,18,21H,10-11H2,1-7H3,(H,28,32)(H,26,27,31)/t16?,18?,21-/m0/s1. The zero-order valence-corrected chi connectivity index (χ0v) is 25.1. The molecular weight excluding hydrogens is 562 g/mol. The summed E-state index contributed by atoms with van der Waals surface area (Å²) in [4.78, 5) is 60.3. The van der Waals surface area contributed by atoms with Crippen molar-refractivity contribution < 1.29 is 38.2 Å². The van der Waals surface area contributed by atoms with Crippen molar-refractivity contribution in [2.75, 3.05) is 25.6 Å². The summed E-state index contributed by atoms with van der Waals surface area (Å²) in [5.74, 6) is -1.78. The lowest BCUT2D eigenvalue weighted by atomic mass is 10.0. The third-order valence-electron chi connectivity index (χ3n) is 5.40. The molecule has 0 aromatic carbocycles. The van der Waals surface area contributed by atoms with Crippen LogP contribution in [0.1, 0.15) is 47.2 Å². The van der Waals surface area contributed by atoms with Gasteiger partial charge in [0.1, 0.15) is 36.4 Å². The van der Waals surface area contributed by atoms with E-state index in [1.165, 1.54) is 29.2 Å². The topological polar surface area (TPSA) is 158 Å².